The number of amides is 2. The van der Waals surface area contributed by atoms with Crippen LogP contribution in [0.4, 0.5) is 0 Å². The van der Waals surface area contributed by atoms with E-state index in [0.29, 0.717) is 30.8 Å². The van der Waals surface area contributed by atoms with Crippen LogP contribution in [0.2, 0.25) is 0 Å². The number of aldehydes is 1. The maximum absolute atomic E-state index is 13.6. The SMILES string of the molecule is COc1cccc2[nH]c(C(=O)N3CC4CCCC4C3C(=O)NC(C=O)CC3CCCC3=O)cc12. The van der Waals surface area contributed by atoms with Crippen LogP contribution in [-0.4, -0.2) is 59.5 Å². The maximum atomic E-state index is 13.6. The van der Waals surface area contributed by atoms with Gasteiger partial charge in [-0.15, -0.1) is 0 Å². The number of rotatable bonds is 7. The molecule has 3 aliphatic rings. The topological polar surface area (TPSA) is 109 Å². The molecule has 5 rings (SSSR count). The van der Waals surface area contributed by atoms with Gasteiger partial charge in [-0.3, -0.25) is 14.4 Å². The number of nitrogens with zero attached hydrogens (tertiary/aromatic N) is 1. The zero-order valence-corrected chi connectivity index (χ0v) is 19.4. The van der Waals surface area contributed by atoms with Crippen molar-refractivity contribution in [3.8, 4) is 5.75 Å². The van der Waals surface area contributed by atoms with Gasteiger partial charge in [-0.2, -0.15) is 0 Å². The number of carbonyl (C=O) groups is 4. The first-order chi connectivity index (χ1) is 16.5. The number of methoxy groups -OCH3 is 1. The Labute approximate surface area is 198 Å². The zero-order chi connectivity index (χ0) is 23.8. The molecule has 0 radical (unpaired) electrons. The van der Waals surface area contributed by atoms with E-state index in [1.807, 2.05) is 18.2 Å². The van der Waals surface area contributed by atoms with Crippen LogP contribution >= 0.6 is 0 Å². The van der Waals surface area contributed by atoms with Gasteiger partial charge < -0.3 is 24.7 Å². The van der Waals surface area contributed by atoms with Crippen LogP contribution < -0.4 is 10.1 Å². The largest absolute Gasteiger partial charge is 0.496 e. The predicted octanol–water partition coefficient (Wildman–Crippen LogP) is 2.86. The molecule has 0 bridgehead atoms. The first-order valence-corrected chi connectivity index (χ1v) is 12.2. The predicted molar refractivity (Wildman–Crippen MR) is 125 cm³/mol. The molecule has 180 valence electrons. The summed E-state index contributed by atoms with van der Waals surface area (Å²) in [5, 5.41) is 3.68. The fourth-order valence-electron chi connectivity index (χ4n) is 6.29. The fraction of sp³-hybridized carbons (Fsp3) is 0.538. The highest BCUT2D eigenvalue weighted by molar-refractivity contribution is 6.02. The van der Waals surface area contributed by atoms with Gasteiger partial charge in [-0.25, -0.2) is 0 Å². The monoisotopic (exact) mass is 465 g/mol. The number of benzene rings is 1. The van der Waals surface area contributed by atoms with Gasteiger partial charge in [0.2, 0.25) is 5.91 Å². The highest BCUT2D eigenvalue weighted by Gasteiger charge is 2.50. The second-order valence-electron chi connectivity index (χ2n) is 9.90. The molecular formula is C26H31N3O5. The van der Waals surface area contributed by atoms with Crippen molar-refractivity contribution in [1.29, 1.82) is 0 Å². The van der Waals surface area contributed by atoms with E-state index in [4.69, 9.17) is 4.74 Å². The normalized spacial score (nSPS) is 27.1. The minimum atomic E-state index is -0.714. The summed E-state index contributed by atoms with van der Waals surface area (Å²) in [6, 6.07) is 6.03. The number of ketones is 1. The Balaban J connectivity index is 1.37. The van der Waals surface area contributed by atoms with Crippen LogP contribution in [-0.2, 0) is 14.4 Å². The Morgan fingerprint density at radius 3 is 2.85 bits per heavy atom. The Hall–Kier alpha value is -3.16. The lowest BCUT2D eigenvalue weighted by Gasteiger charge is -2.28. The molecule has 8 nitrogen and oxygen atoms in total. The van der Waals surface area contributed by atoms with E-state index in [1.54, 1.807) is 18.1 Å². The van der Waals surface area contributed by atoms with Crippen molar-refractivity contribution >= 4 is 34.8 Å². The van der Waals surface area contributed by atoms with Crippen LogP contribution in [0.15, 0.2) is 24.3 Å². The number of aromatic amines is 1. The van der Waals surface area contributed by atoms with Gasteiger partial charge >= 0.3 is 0 Å². The average molecular weight is 466 g/mol. The molecule has 2 heterocycles. The molecule has 2 N–H and O–H groups in total. The van der Waals surface area contributed by atoms with Crippen molar-refractivity contribution in [2.75, 3.05) is 13.7 Å². The summed E-state index contributed by atoms with van der Waals surface area (Å²) in [6.45, 7) is 0.529. The Kier molecular flexibility index (Phi) is 6.15. The van der Waals surface area contributed by atoms with E-state index >= 15 is 0 Å². The molecule has 34 heavy (non-hydrogen) atoms. The van der Waals surface area contributed by atoms with Crippen molar-refractivity contribution in [3.05, 3.63) is 30.0 Å². The van der Waals surface area contributed by atoms with E-state index in [9.17, 15) is 19.2 Å². The van der Waals surface area contributed by atoms with Gasteiger partial charge in [-0.05, 0) is 62.1 Å². The lowest BCUT2D eigenvalue weighted by atomic mass is 9.92. The summed E-state index contributed by atoms with van der Waals surface area (Å²) in [6.07, 6.45) is 6.14. The first-order valence-electron chi connectivity index (χ1n) is 12.2. The number of hydrogen-bond acceptors (Lipinski definition) is 5. The number of H-pyrrole nitrogens is 1. The van der Waals surface area contributed by atoms with Gasteiger partial charge in [-0.1, -0.05) is 12.5 Å². The number of likely N-dealkylation sites (tertiary alicyclic amines) is 1. The second-order valence-corrected chi connectivity index (χ2v) is 9.90. The number of carbonyl (C=O) groups excluding carboxylic acids is 4. The summed E-state index contributed by atoms with van der Waals surface area (Å²) in [5.74, 6) is 0.533. The maximum Gasteiger partial charge on any atom is 0.271 e. The number of fused-ring (bicyclic) bond motifs is 2. The van der Waals surface area contributed by atoms with Crippen molar-refractivity contribution in [1.82, 2.24) is 15.2 Å². The molecule has 1 aromatic carbocycles. The molecule has 1 aliphatic heterocycles. The van der Waals surface area contributed by atoms with Crippen molar-refractivity contribution in [2.45, 2.75) is 57.0 Å². The van der Waals surface area contributed by atoms with Crippen molar-refractivity contribution in [3.63, 3.8) is 0 Å². The van der Waals surface area contributed by atoms with E-state index in [-0.39, 0.29) is 35.4 Å². The van der Waals surface area contributed by atoms with Gasteiger partial charge in [0, 0.05) is 29.8 Å². The Morgan fingerprint density at radius 2 is 2.12 bits per heavy atom. The van der Waals surface area contributed by atoms with Crippen molar-refractivity contribution in [2.24, 2.45) is 17.8 Å². The molecule has 2 saturated carbocycles. The molecule has 1 saturated heterocycles. The van der Waals surface area contributed by atoms with Crippen LogP contribution in [0.3, 0.4) is 0 Å². The molecule has 5 unspecified atom stereocenters. The number of nitrogens with one attached hydrogen (secondary N) is 2. The minimum absolute atomic E-state index is 0.0864. The van der Waals surface area contributed by atoms with E-state index in [0.717, 1.165) is 49.3 Å². The van der Waals surface area contributed by atoms with Gasteiger partial charge in [0.15, 0.2) is 0 Å². The number of Topliss-reactive ketones (excluding diaryl/α,β-unsaturated/α-hetero) is 1. The first kappa shape index (κ1) is 22.6. The second kappa shape index (κ2) is 9.24. The quantitative estimate of drug-likeness (QED) is 0.612. The third-order valence-corrected chi connectivity index (χ3v) is 7.96. The van der Waals surface area contributed by atoms with Gasteiger partial charge in [0.25, 0.3) is 5.91 Å². The fourth-order valence-corrected chi connectivity index (χ4v) is 6.29. The molecule has 8 heteroatoms. The lowest BCUT2D eigenvalue weighted by molar-refractivity contribution is -0.129. The number of hydrogen-bond donors (Lipinski definition) is 2. The number of aromatic nitrogens is 1. The molecule has 2 amide bonds. The van der Waals surface area contributed by atoms with Gasteiger partial charge in [0.1, 0.15) is 29.6 Å². The molecule has 2 aromatic rings. The van der Waals surface area contributed by atoms with Gasteiger partial charge in [0.05, 0.1) is 13.2 Å². The van der Waals surface area contributed by atoms with Crippen LogP contribution in [0, 0.1) is 17.8 Å². The van der Waals surface area contributed by atoms with E-state index in [1.165, 1.54) is 0 Å². The van der Waals surface area contributed by atoms with E-state index < -0.39 is 12.1 Å². The molecule has 0 spiro atoms. The summed E-state index contributed by atoms with van der Waals surface area (Å²) < 4.78 is 5.42. The third kappa shape index (κ3) is 3.99. The Morgan fingerprint density at radius 1 is 1.26 bits per heavy atom. The van der Waals surface area contributed by atoms with Crippen LogP contribution in [0.5, 0.6) is 5.75 Å². The number of ether oxygens (including phenoxy) is 1. The summed E-state index contributed by atoms with van der Waals surface area (Å²) >= 11 is 0. The molecule has 1 aromatic heterocycles. The molecule has 3 fully saturated rings. The average Bonchev–Trinajstić information content (AvgIpc) is 3.61. The lowest BCUT2D eigenvalue weighted by Crippen LogP contribution is -2.51. The zero-order valence-electron chi connectivity index (χ0n) is 19.4. The Bertz CT molecular complexity index is 1120. The minimum Gasteiger partial charge on any atom is -0.496 e. The van der Waals surface area contributed by atoms with Crippen molar-refractivity contribution < 1.29 is 23.9 Å². The molecule has 5 atom stereocenters. The summed E-state index contributed by atoms with van der Waals surface area (Å²) in [7, 11) is 1.59. The van der Waals surface area contributed by atoms with Crippen LogP contribution in [0.1, 0.15) is 55.4 Å². The highest BCUT2D eigenvalue weighted by atomic mass is 16.5. The molecular weight excluding hydrogens is 434 g/mol. The van der Waals surface area contributed by atoms with Crippen LogP contribution in [0.25, 0.3) is 10.9 Å². The smallest absolute Gasteiger partial charge is 0.271 e. The highest BCUT2D eigenvalue weighted by Crippen LogP contribution is 2.43. The molecule has 2 aliphatic carbocycles. The summed E-state index contributed by atoms with van der Waals surface area (Å²) in [4.78, 5) is 55.7. The van der Waals surface area contributed by atoms with E-state index in [2.05, 4.69) is 10.3 Å². The third-order valence-electron chi connectivity index (χ3n) is 7.96. The summed E-state index contributed by atoms with van der Waals surface area (Å²) in [5.41, 5.74) is 1.21. The standard InChI is InChI=1S/C26H31N3O5/c1-34-23-10-4-8-20-19(23)12-21(28-20)26(33)29-13-16-6-2-7-18(16)24(29)25(32)27-17(14-30)11-15-5-3-9-22(15)31/h4,8,10,12,14-18,24,28H,2-3,5-7,9,11,13H2,1H3,(H,27,32).